The predicted octanol–water partition coefficient (Wildman–Crippen LogP) is 3.74. The number of unbranched alkanes of at least 4 members (excludes halogenated alkanes) is 2. The molecule has 0 spiro atoms. The molecular formula is C18H25N3O2S. The molecule has 6 heteroatoms. The molecule has 0 aromatic heterocycles. The molecule has 24 heavy (non-hydrogen) atoms. The number of benzene rings is 1. The van der Waals surface area contributed by atoms with Gasteiger partial charge in [-0.05, 0) is 56.1 Å². The van der Waals surface area contributed by atoms with Gasteiger partial charge in [-0.3, -0.25) is 9.59 Å². The summed E-state index contributed by atoms with van der Waals surface area (Å²) < 4.78 is 0. The first-order chi connectivity index (χ1) is 11.5. The van der Waals surface area contributed by atoms with Crippen LogP contribution < -0.4 is 16.0 Å². The van der Waals surface area contributed by atoms with E-state index < -0.39 is 0 Å². The van der Waals surface area contributed by atoms with E-state index in [-0.39, 0.29) is 22.8 Å². The monoisotopic (exact) mass is 347 g/mol. The molecule has 1 aliphatic carbocycles. The highest BCUT2D eigenvalue weighted by molar-refractivity contribution is 7.80. The summed E-state index contributed by atoms with van der Waals surface area (Å²) in [6, 6.07) is 5.59. The average Bonchev–Trinajstić information content (AvgIpc) is 3.36. The Kier molecular flexibility index (Phi) is 6.73. The van der Waals surface area contributed by atoms with Crippen molar-refractivity contribution < 1.29 is 9.59 Å². The van der Waals surface area contributed by atoms with Gasteiger partial charge in [-0.2, -0.15) is 0 Å². The van der Waals surface area contributed by atoms with Crippen molar-refractivity contribution in [2.24, 2.45) is 5.92 Å². The van der Waals surface area contributed by atoms with Crippen LogP contribution in [-0.2, 0) is 9.59 Å². The van der Waals surface area contributed by atoms with Crippen LogP contribution in [0.1, 0.15) is 51.0 Å². The highest BCUT2D eigenvalue weighted by atomic mass is 32.1. The predicted molar refractivity (Wildman–Crippen MR) is 101 cm³/mol. The molecule has 130 valence electrons. The first-order valence-corrected chi connectivity index (χ1v) is 8.93. The van der Waals surface area contributed by atoms with Gasteiger partial charge in [0.15, 0.2) is 5.11 Å². The second kappa shape index (κ2) is 8.78. The zero-order valence-corrected chi connectivity index (χ0v) is 15.1. The van der Waals surface area contributed by atoms with Crippen LogP contribution in [0.5, 0.6) is 0 Å². The maximum Gasteiger partial charge on any atom is 0.227 e. The van der Waals surface area contributed by atoms with Crippen molar-refractivity contribution in [2.45, 2.75) is 52.4 Å². The fourth-order valence-electron chi connectivity index (χ4n) is 2.37. The van der Waals surface area contributed by atoms with Gasteiger partial charge in [-0.25, -0.2) is 0 Å². The summed E-state index contributed by atoms with van der Waals surface area (Å²) in [5.41, 5.74) is 2.45. The van der Waals surface area contributed by atoms with Crippen LogP contribution >= 0.6 is 12.2 Å². The lowest BCUT2D eigenvalue weighted by molar-refractivity contribution is -0.120. The van der Waals surface area contributed by atoms with E-state index in [9.17, 15) is 9.59 Å². The summed E-state index contributed by atoms with van der Waals surface area (Å²) in [7, 11) is 0. The summed E-state index contributed by atoms with van der Waals surface area (Å²) in [6.45, 7) is 4.01. The van der Waals surface area contributed by atoms with Crippen LogP contribution in [0, 0.1) is 12.8 Å². The van der Waals surface area contributed by atoms with Crippen LogP contribution in [0.2, 0.25) is 0 Å². The molecule has 0 heterocycles. The Hall–Kier alpha value is -1.95. The van der Waals surface area contributed by atoms with Crippen LogP contribution in [0.4, 0.5) is 11.4 Å². The smallest absolute Gasteiger partial charge is 0.227 e. The van der Waals surface area contributed by atoms with Gasteiger partial charge >= 0.3 is 0 Å². The maximum absolute atomic E-state index is 11.9. The van der Waals surface area contributed by atoms with E-state index in [1.165, 1.54) is 0 Å². The summed E-state index contributed by atoms with van der Waals surface area (Å²) >= 11 is 5.20. The van der Waals surface area contributed by atoms with Crippen molar-refractivity contribution in [1.29, 1.82) is 0 Å². The second-order valence-electron chi connectivity index (χ2n) is 6.20. The van der Waals surface area contributed by atoms with Gasteiger partial charge < -0.3 is 16.0 Å². The second-order valence-corrected chi connectivity index (χ2v) is 6.61. The average molecular weight is 347 g/mol. The Bertz CT molecular complexity index is 627. The van der Waals surface area contributed by atoms with E-state index in [0.717, 1.165) is 49.0 Å². The van der Waals surface area contributed by atoms with Crippen LogP contribution in [-0.4, -0.2) is 16.9 Å². The topological polar surface area (TPSA) is 70.2 Å². The molecule has 0 saturated heterocycles. The molecular weight excluding hydrogens is 322 g/mol. The molecule has 0 aliphatic heterocycles. The lowest BCUT2D eigenvalue weighted by Gasteiger charge is -2.15. The Labute approximate surface area is 148 Å². The Morgan fingerprint density at radius 2 is 1.83 bits per heavy atom. The largest absolute Gasteiger partial charge is 0.332 e. The molecule has 5 nitrogen and oxygen atoms in total. The molecule has 1 aliphatic rings. The molecule has 1 aromatic carbocycles. The number of rotatable bonds is 7. The van der Waals surface area contributed by atoms with Crippen molar-refractivity contribution in [3.8, 4) is 0 Å². The van der Waals surface area contributed by atoms with Crippen molar-refractivity contribution in [1.82, 2.24) is 5.32 Å². The first kappa shape index (κ1) is 18.4. The third kappa shape index (κ3) is 5.60. The highest BCUT2D eigenvalue weighted by Gasteiger charge is 2.29. The zero-order chi connectivity index (χ0) is 17.5. The van der Waals surface area contributed by atoms with Crippen molar-refractivity contribution in [3.05, 3.63) is 23.8 Å². The molecule has 2 rings (SSSR count). The van der Waals surface area contributed by atoms with E-state index >= 15 is 0 Å². The fourth-order valence-corrected chi connectivity index (χ4v) is 2.59. The highest BCUT2D eigenvalue weighted by Crippen LogP contribution is 2.31. The van der Waals surface area contributed by atoms with E-state index in [4.69, 9.17) is 12.2 Å². The van der Waals surface area contributed by atoms with Crippen molar-refractivity contribution in [3.63, 3.8) is 0 Å². The minimum absolute atomic E-state index is 0.0713. The van der Waals surface area contributed by atoms with E-state index in [0.29, 0.717) is 6.42 Å². The number of hydrogen-bond donors (Lipinski definition) is 3. The van der Waals surface area contributed by atoms with Crippen molar-refractivity contribution in [2.75, 3.05) is 10.6 Å². The molecule has 2 amide bonds. The summed E-state index contributed by atoms with van der Waals surface area (Å²) in [5.74, 6) is 0.156. The molecule has 0 bridgehead atoms. The summed E-state index contributed by atoms with van der Waals surface area (Å²) in [6.07, 6.45) is 5.40. The Morgan fingerprint density at radius 1 is 1.17 bits per heavy atom. The van der Waals surface area contributed by atoms with Gasteiger partial charge in [-0.15, -0.1) is 0 Å². The molecule has 1 fully saturated rings. The van der Waals surface area contributed by atoms with Crippen molar-refractivity contribution >= 4 is 40.5 Å². The molecule has 1 saturated carbocycles. The van der Waals surface area contributed by atoms with Crippen LogP contribution in [0.3, 0.4) is 0 Å². The minimum Gasteiger partial charge on any atom is -0.332 e. The number of hydrogen-bond acceptors (Lipinski definition) is 3. The summed E-state index contributed by atoms with van der Waals surface area (Å²) in [4.78, 5) is 23.7. The minimum atomic E-state index is -0.0724. The summed E-state index contributed by atoms with van der Waals surface area (Å²) in [5, 5.41) is 8.97. The lowest BCUT2D eigenvalue weighted by atomic mass is 10.1. The Morgan fingerprint density at radius 3 is 2.46 bits per heavy atom. The third-order valence-electron chi connectivity index (χ3n) is 4.05. The number of carbonyl (C=O) groups excluding carboxylic acids is 2. The normalized spacial score (nSPS) is 13.2. The molecule has 0 atom stereocenters. The van der Waals surface area contributed by atoms with Gasteiger partial charge in [0.25, 0.3) is 0 Å². The third-order valence-corrected chi connectivity index (χ3v) is 4.25. The van der Waals surface area contributed by atoms with Crippen LogP contribution in [0.25, 0.3) is 0 Å². The van der Waals surface area contributed by atoms with Gasteiger partial charge in [0.05, 0.1) is 0 Å². The molecule has 1 aromatic rings. The van der Waals surface area contributed by atoms with Gasteiger partial charge in [0.2, 0.25) is 11.8 Å². The quantitative estimate of drug-likeness (QED) is 0.519. The number of anilines is 2. The van der Waals surface area contributed by atoms with Gasteiger partial charge in [0, 0.05) is 23.7 Å². The Balaban J connectivity index is 1.90. The van der Waals surface area contributed by atoms with Gasteiger partial charge in [0.1, 0.15) is 0 Å². The molecule has 3 N–H and O–H groups in total. The first-order valence-electron chi connectivity index (χ1n) is 8.52. The maximum atomic E-state index is 11.9. The number of nitrogens with one attached hydrogen (secondary N) is 3. The standard InChI is InChI=1S/C18H25N3O2S/c1-3-4-5-9-16(22)21-18(24)20-15-8-6-7-14(12(15)2)19-17(23)13-10-11-13/h6-8,13H,3-5,9-11H2,1-2H3,(H,19,23)(H2,20,21,22,24). The fraction of sp³-hybridized carbons (Fsp3) is 0.500. The molecule has 0 unspecified atom stereocenters. The zero-order valence-electron chi connectivity index (χ0n) is 14.3. The van der Waals surface area contributed by atoms with Gasteiger partial charge in [-0.1, -0.05) is 25.8 Å². The number of carbonyl (C=O) groups is 2. The van der Waals surface area contributed by atoms with E-state index in [2.05, 4.69) is 22.9 Å². The van der Waals surface area contributed by atoms with E-state index in [1.807, 2.05) is 25.1 Å². The van der Waals surface area contributed by atoms with E-state index in [1.54, 1.807) is 0 Å². The van der Waals surface area contributed by atoms with Crippen LogP contribution in [0.15, 0.2) is 18.2 Å². The molecule has 0 radical (unpaired) electrons. The lowest BCUT2D eigenvalue weighted by Crippen LogP contribution is -2.34. The number of thiocarbonyl (C=S) groups is 1. The number of amides is 2. The SMILES string of the molecule is CCCCCC(=O)NC(=S)Nc1cccc(NC(=O)C2CC2)c1C.